The zero-order valence-corrected chi connectivity index (χ0v) is 22.8. The molecule has 0 radical (unpaired) electrons. The molecule has 1 unspecified atom stereocenters. The summed E-state index contributed by atoms with van der Waals surface area (Å²) in [5.41, 5.74) is -2.59. The number of aliphatic hydroxyl groups is 2. The number of carbonyl (C=O) groups excluding carboxylic acids is 1. The molecule has 12 nitrogen and oxygen atoms in total. The van der Waals surface area contributed by atoms with Crippen molar-refractivity contribution in [3.8, 4) is 5.75 Å². The van der Waals surface area contributed by atoms with Crippen LogP contribution in [0.5, 0.6) is 5.75 Å². The monoisotopic (exact) mass is 557 g/mol. The SMILES string of the molecule is Cc1ccccc1OP(=S)(N[C@@H](C)C(=O)OC(C)C)OC[C@H]1O[C@@H](n2ccc(=O)[nH]c2=O)[C@](C)(O)[C@@H]1O. The summed E-state index contributed by atoms with van der Waals surface area (Å²) < 4.78 is 24.0. The molecule has 6 atom stereocenters. The van der Waals surface area contributed by atoms with Crippen LogP contribution in [0.3, 0.4) is 0 Å². The van der Waals surface area contributed by atoms with Crippen molar-refractivity contribution in [1.29, 1.82) is 0 Å². The van der Waals surface area contributed by atoms with Gasteiger partial charge in [-0.3, -0.25) is 19.1 Å². The van der Waals surface area contributed by atoms with E-state index in [1.54, 1.807) is 32.9 Å². The van der Waals surface area contributed by atoms with E-state index in [2.05, 4.69) is 10.1 Å². The van der Waals surface area contributed by atoms with Gasteiger partial charge < -0.3 is 28.7 Å². The predicted molar refractivity (Wildman–Crippen MR) is 138 cm³/mol. The lowest BCUT2D eigenvalue weighted by Gasteiger charge is -2.29. The predicted octanol–water partition coefficient (Wildman–Crippen LogP) is 1.10. The van der Waals surface area contributed by atoms with Gasteiger partial charge in [-0.2, -0.15) is 0 Å². The molecule has 1 fully saturated rings. The number of benzene rings is 1. The summed E-state index contributed by atoms with van der Waals surface area (Å²) in [5, 5.41) is 24.6. The lowest BCUT2D eigenvalue weighted by Crippen LogP contribution is -2.47. The van der Waals surface area contributed by atoms with Gasteiger partial charge in [-0.25, -0.2) is 9.88 Å². The maximum atomic E-state index is 12.4. The zero-order valence-electron chi connectivity index (χ0n) is 21.1. The van der Waals surface area contributed by atoms with Crippen LogP contribution in [0, 0.1) is 6.92 Å². The van der Waals surface area contributed by atoms with Crippen LogP contribution < -0.4 is 20.9 Å². The molecule has 1 aliphatic rings. The van der Waals surface area contributed by atoms with Crippen LogP contribution in [0.2, 0.25) is 0 Å². The van der Waals surface area contributed by atoms with Crippen LogP contribution in [0.15, 0.2) is 46.1 Å². The van der Waals surface area contributed by atoms with Crippen molar-refractivity contribution in [2.45, 2.75) is 70.8 Å². The number of carbonyl (C=O) groups is 1. The average Bonchev–Trinajstić information content (AvgIpc) is 3.02. The van der Waals surface area contributed by atoms with Gasteiger partial charge in [0.25, 0.3) is 5.56 Å². The van der Waals surface area contributed by atoms with Crippen LogP contribution in [0.4, 0.5) is 0 Å². The van der Waals surface area contributed by atoms with Crippen LogP contribution in [0.25, 0.3) is 0 Å². The van der Waals surface area contributed by atoms with Gasteiger partial charge >= 0.3 is 18.3 Å². The minimum absolute atomic E-state index is 0.342. The van der Waals surface area contributed by atoms with E-state index in [1.807, 2.05) is 19.1 Å². The Hall–Kier alpha value is -2.38. The van der Waals surface area contributed by atoms with E-state index in [9.17, 15) is 24.6 Å². The lowest BCUT2D eigenvalue weighted by molar-refractivity contribution is -0.149. The molecular formula is C23H32N3O9PS. The molecule has 1 aromatic heterocycles. The van der Waals surface area contributed by atoms with Gasteiger partial charge in [0.1, 0.15) is 29.6 Å². The van der Waals surface area contributed by atoms with Gasteiger partial charge in [0.2, 0.25) is 0 Å². The van der Waals surface area contributed by atoms with Crippen LogP contribution in [0.1, 0.15) is 39.5 Å². The fourth-order valence-electron chi connectivity index (χ4n) is 3.66. The largest absolute Gasteiger partial charge is 0.462 e. The quantitative estimate of drug-likeness (QED) is 0.245. The van der Waals surface area contributed by atoms with Crippen LogP contribution in [-0.2, 0) is 30.6 Å². The van der Waals surface area contributed by atoms with E-state index in [4.69, 9.17) is 30.3 Å². The Labute approximate surface area is 218 Å². The second-order valence-electron chi connectivity index (χ2n) is 9.20. The molecule has 2 aromatic rings. The number of hydrogen-bond acceptors (Lipinski definition) is 10. The van der Waals surface area contributed by atoms with Crippen molar-refractivity contribution in [3.05, 3.63) is 62.9 Å². The number of H-pyrrole nitrogens is 1. The highest BCUT2D eigenvalue weighted by atomic mass is 32.5. The van der Waals surface area contributed by atoms with Crippen molar-refractivity contribution in [2.75, 3.05) is 6.61 Å². The fourth-order valence-corrected chi connectivity index (χ4v) is 6.13. The highest BCUT2D eigenvalue weighted by Crippen LogP contribution is 2.47. The minimum atomic E-state index is -3.46. The third kappa shape index (κ3) is 6.94. The smallest absolute Gasteiger partial charge is 0.330 e. The molecule has 0 saturated carbocycles. The minimum Gasteiger partial charge on any atom is -0.462 e. The molecule has 1 saturated heterocycles. The topological polar surface area (TPSA) is 161 Å². The normalized spacial score (nSPS) is 26.0. The van der Waals surface area contributed by atoms with Crippen molar-refractivity contribution >= 4 is 24.4 Å². The van der Waals surface area contributed by atoms with Crippen molar-refractivity contribution in [3.63, 3.8) is 0 Å². The summed E-state index contributed by atoms with van der Waals surface area (Å²) in [6.07, 6.45) is -3.15. The Bertz CT molecular complexity index is 1280. The van der Waals surface area contributed by atoms with E-state index in [-0.39, 0.29) is 12.7 Å². The number of aryl methyl sites for hydroxylation is 1. The summed E-state index contributed by atoms with van der Waals surface area (Å²) in [6.45, 7) is 4.30. The van der Waals surface area contributed by atoms with Gasteiger partial charge in [0, 0.05) is 12.3 Å². The maximum absolute atomic E-state index is 12.4. The fraction of sp³-hybridized carbons (Fsp3) is 0.522. The summed E-state index contributed by atoms with van der Waals surface area (Å²) in [4.78, 5) is 38.2. The summed E-state index contributed by atoms with van der Waals surface area (Å²) in [6, 6.07) is 7.30. The molecule has 0 spiro atoms. The molecule has 1 aromatic carbocycles. The van der Waals surface area contributed by atoms with Gasteiger partial charge in [-0.05, 0) is 58.1 Å². The summed E-state index contributed by atoms with van der Waals surface area (Å²) >= 11 is 5.69. The Morgan fingerprint density at radius 3 is 2.59 bits per heavy atom. The number of nitrogens with one attached hydrogen (secondary N) is 2. The highest BCUT2D eigenvalue weighted by molar-refractivity contribution is 8.09. The number of esters is 1. The Balaban J connectivity index is 1.83. The van der Waals surface area contributed by atoms with E-state index in [0.29, 0.717) is 5.75 Å². The molecule has 14 heteroatoms. The van der Waals surface area contributed by atoms with Crippen molar-refractivity contribution in [1.82, 2.24) is 14.6 Å². The number of aromatic nitrogens is 2. The molecule has 0 aliphatic carbocycles. The molecule has 0 bridgehead atoms. The molecule has 1 aliphatic heterocycles. The van der Waals surface area contributed by atoms with Gasteiger partial charge in [-0.15, -0.1) is 0 Å². The van der Waals surface area contributed by atoms with E-state index in [0.717, 1.165) is 22.4 Å². The number of ether oxygens (including phenoxy) is 2. The van der Waals surface area contributed by atoms with E-state index < -0.39 is 53.9 Å². The lowest BCUT2D eigenvalue weighted by atomic mass is 9.96. The molecule has 3 rings (SSSR count). The third-order valence-corrected chi connectivity index (χ3v) is 8.12. The van der Waals surface area contributed by atoms with Crippen molar-refractivity contribution in [2.24, 2.45) is 0 Å². The molecular weight excluding hydrogens is 525 g/mol. The highest BCUT2D eigenvalue weighted by Gasteiger charge is 2.54. The molecule has 4 N–H and O–H groups in total. The number of aliphatic hydroxyl groups excluding tert-OH is 1. The Morgan fingerprint density at radius 1 is 1.30 bits per heavy atom. The number of nitrogens with zero attached hydrogens (tertiary/aromatic N) is 1. The zero-order chi connectivity index (χ0) is 27.5. The standard InChI is InChI=1S/C23H32N3O9PS/c1-13(2)33-20(29)15(4)25-36(37,35-16-9-7-6-8-14(16)3)32-12-17-19(28)23(5,31)21(34-17)26-11-10-18(27)24-22(26)30/h6-11,13,15,17,19,21,28,31H,12H2,1-5H3,(H,25,37)(H,24,27,30)/t15-,17+,19+,21+,23+,36?/m0/s1. The third-order valence-electron chi connectivity index (χ3n) is 5.64. The van der Waals surface area contributed by atoms with Gasteiger partial charge in [0.15, 0.2) is 6.23 Å². The first kappa shape index (κ1) is 29.2. The Kier molecular flexibility index (Phi) is 9.12. The molecule has 0 amide bonds. The van der Waals surface area contributed by atoms with E-state index in [1.165, 1.54) is 6.92 Å². The number of aromatic amines is 1. The van der Waals surface area contributed by atoms with Gasteiger partial charge in [0.05, 0.1) is 12.7 Å². The van der Waals surface area contributed by atoms with Crippen LogP contribution >= 0.6 is 6.64 Å². The molecule has 37 heavy (non-hydrogen) atoms. The summed E-state index contributed by atoms with van der Waals surface area (Å²) in [7, 11) is 0. The van der Waals surface area contributed by atoms with Crippen molar-refractivity contribution < 1.29 is 33.5 Å². The first-order chi connectivity index (χ1) is 17.2. The number of hydrogen-bond donors (Lipinski definition) is 4. The van der Waals surface area contributed by atoms with Crippen LogP contribution in [-0.4, -0.2) is 62.3 Å². The molecule has 2 heterocycles. The number of rotatable bonds is 10. The second-order valence-corrected chi connectivity index (χ2v) is 12.3. The van der Waals surface area contributed by atoms with Gasteiger partial charge in [-0.1, -0.05) is 18.2 Å². The first-order valence-corrected chi connectivity index (χ1v) is 14.2. The summed E-state index contributed by atoms with van der Waals surface area (Å²) in [5.74, 6) is -0.126. The molecule has 204 valence electrons. The average molecular weight is 558 g/mol. The maximum Gasteiger partial charge on any atom is 0.330 e. The second kappa shape index (κ2) is 11.6. The van der Waals surface area contributed by atoms with E-state index >= 15 is 0 Å². The first-order valence-electron chi connectivity index (χ1n) is 11.6. The Morgan fingerprint density at radius 2 is 1.97 bits per heavy atom. The number of para-hydroxylation sites is 1.